The van der Waals surface area contributed by atoms with Crippen molar-refractivity contribution in [3.63, 3.8) is 0 Å². The predicted octanol–water partition coefficient (Wildman–Crippen LogP) is 4.90. The maximum absolute atomic E-state index is 12.6. The van der Waals surface area contributed by atoms with E-state index in [1.54, 1.807) is 23.5 Å². The van der Waals surface area contributed by atoms with E-state index in [1.165, 1.54) is 42.1 Å². The van der Waals surface area contributed by atoms with Gasteiger partial charge in [-0.2, -0.15) is 0 Å². The molecular formula is C25H25N3O2S. The number of rotatable bonds is 5. The molecule has 5 nitrogen and oxygen atoms in total. The van der Waals surface area contributed by atoms with E-state index in [0.29, 0.717) is 23.4 Å². The number of likely N-dealkylation sites (tertiary alicyclic amines) is 1. The molecule has 3 aromatic rings. The van der Waals surface area contributed by atoms with Gasteiger partial charge in [0.15, 0.2) is 0 Å². The van der Waals surface area contributed by atoms with Crippen molar-refractivity contribution < 1.29 is 9.59 Å². The van der Waals surface area contributed by atoms with Crippen molar-refractivity contribution in [1.29, 1.82) is 0 Å². The minimum absolute atomic E-state index is 0.134. The fourth-order valence-electron chi connectivity index (χ4n) is 4.41. The van der Waals surface area contributed by atoms with Gasteiger partial charge in [0.25, 0.3) is 11.8 Å². The average molecular weight is 432 g/mol. The number of hydrogen-bond donors (Lipinski definition) is 2. The molecule has 1 aromatic heterocycles. The molecule has 0 atom stereocenters. The van der Waals surface area contributed by atoms with Crippen LogP contribution in [0.4, 0.5) is 5.69 Å². The molecule has 0 saturated carbocycles. The van der Waals surface area contributed by atoms with E-state index < -0.39 is 0 Å². The van der Waals surface area contributed by atoms with Crippen LogP contribution in [0.2, 0.25) is 0 Å². The first kappa shape index (κ1) is 20.0. The van der Waals surface area contributed by atoms with Crippen molar-refractivity contribution in [2.24, 2.45) is 0 Å². The first-order chi connectivity index (χ1) is 15.2. The van der Waals surface area contributed by atoms with Crippen molar-refractivity contribution in [1.82, 2.24) is 10.2 Å². The van der Waals surface area contributed by atoms with E-state index in [0.717, 1.165) is 17.7 Å². The number of carbonyl (C=O) groups is 2. The van der Waals surface area contributed by atoms with Crippen molar-refractivity contribution in [2.75, 3.05) is 18.4 Å². The molecule has 0 spiro atoms. The van der Waals surface area contributed by atoms with Crippen LogP contribution in [0.1, 0.15) is 50.4 Å². The number of benzene rings is 2. The summed E-state index contributed by atoms with van der Waals surface area (Å²) in [5.41, 5.74) is 3.74. The van der Waals surface area contributed by atoms with Crippen LogP contribution >= 0.6 is 11.3 Å². The highest BCUT2D eigenvalue weighted by molar-refractivity contribution is 7.15. The van der Waals surface area contributed by atoms with Crippen LogP contribution in [0.3, 0.4) is 0 Å². The van der Waals surface area contributed by atoms with Gasteiger partial charge in [0, 0.05) is 28.4 Å². The largest absolute Gasteiger partial charge is 0.348 e. The Labute approximate surface area is 186 Å². The number of piperidine rings is 1. The molecule has 0 aliphatic carbocycles. The highest BCUT2D eigenvalue weighted by atomic mass is 32.1. The molecule has 31 heavy (non-hydrogen) atoms. The maximum atomic E-state index is 12.6. The van der Waals surface area contributed by atoms with Gasteiger partial charge in [0.05, 0.1) is 11.3 Å². The smallest absolute Gasteiger partial charge is 0.255 e. The summed E-state index contributed by atoms with van der Waals surface area (Å²) in [7, 11) is 0. The van der Waals surface area contributed by atoms with E-state index in [4.69, 9.17) is 0 Å². The Kier molecular flexibility index (Phi) is 5.57. The zero-order valence-electron chi connectivity index (χ0n) is 17.3. The number of anilines is 1. The van der Waals surface area contributed by atoms with Crippen molar-refractivity contribution in [3.05, 3.63) is 76.2 Å². The zero-order valence-corrected chi connectivity index (χ0v) is 18.1. The molecular weight excluding hydrogens is 406 g/mol. The van der Waals surface area contributed by atoms with Gasteiger partial charge in [-0.1, -0.05) is 30.7 Å². The lowest BCUT2D eigenvalue weighted by molar-refractivity contribution is 0.0966. The standard InChI is InChI=1S/C25H25N3O2S/c29-24(17-7-3-1-4-8-17)27-21-11-10-19(20-15-26-25(30)23(20)21)22-12-9-18(31-22)16-28-13-5-2-6-14-28/h1,3-4,7-12H,2,5-6,13-16H2,(H,26,30)(H,27,29). The predicted molar refractivity (Wildman–Crippen MR) is 124 cm³/mol. The van der Waals surface area contributed by atoms with Crippen LogP contribution in [0.15, 0.2) is 54.6 Å². The number of hydrogen-bond acceptors (Lipinski definition) is 4. The molecule has 6 heteroatoms. The van der Waals surface area contributed by atoms with Gasteiger partial charge in [-0.25, -0.2) is 0 Å². The number of fused-ring (bicyclic) bond motifs is 1. The summed E-state index contributed by atoms with van der Waals surface area (Å²) < 4.78 is 0. The Balaban J connectivity index is 1.41. The molecule has 2 aromatic carbocycles. The highest BCUT2D eigenvalue weighted by Crippen LogP contribution is 2.37. The third-order valence-electron chi connectivity index (χ3n) is 6.01. The topological polar surface area (TPSA) is 61.4 Å². The first-order valence-electron chi connectivity index (χ1n) is 10.8. The third-order valence-corrected chi connectivity index (χ3v) is 7.11. The van der Waals surface area contributed by atoms with E-state index in [1.807, 2.05) is 30.3 Å². The van der Waals surface area contributed by atoms with Crippen molar-refractivity contribution in [2.45, 2.75) is 32.4 Å². The lowest BCUT2D eigenvalue weighted by Gasteiger charge is -2.25. The van der Waals surface area contributed by atoms with Gasteiger partial charge < -0.3 is 10.6 Å². The van der Waals surface area contributed by atoms with Crippen LogP contribution in [-0.4, -0.2) is 29.8 Å². The minimum Gasteiger partial charge on any atom is -0.348 e. The Bertz CT molecular complexity index is 1120. The normalized spacial score (nSPS) is 16.1. The van der Waals surface area contributed by atoms with E-state index in [9.17, 15) is 9.59 Å². The minimum atomic E-state index is -0.213. The zero-order chi connectivity index (χ0) is 21.2. The summed E-state index contributed by atoms with van der Waals surface area (Å²) in [4.78, 5) is 30.3. The second-order valence-corrected chi connectivity index (χ2v) is 9.29. The van der Waals surface area contributed by atoms with Crippen molar-refractivity contribution in [3.8, 4) is 10.4 Å². The van der Waals surface area contributed by atoms with Crippen LogP contribution in [0.5, 0.6) is 0 Å². The SMILES string of the molecule is O=C(Nc1ccc(-c2ccc(CN3CCCCC3)s2)c2c1C(=O)NC2)c1ccccc1. The molecule has 1 fully saturated rings. The van der Waals surface area contributed by atoms with E-state index >= 15 is 0 Å². The summed E-state index contributed by atoms with van der Waals surface area (Å²) in [6, 6.07) is 17.3. The summed E-state index contributed by atoms with van der Waals surface area (Å²) >= 11 is 1.80. The Hall–Kier alpha value is -2.96. The molecule has 1 saturated heterocycles. The van der Waals surface area contributed by atoms with Crippen LogP contribution in [-0.2, 0) is 13.1 Å². The second kappa shape index (κ2) is 8.65. The van der Waals surface area contributed by atoms with Crippen LogP contribution in [0.25, 0.3) is 10.4 Å². The maximum Gasteiger partial charge on any atom is 0.255 e. The van der Waals surface area contributed by atoms with Gasteiger partial charge in [-0.05, 0) is 67.4 Å². The monoisotopic (exact) mass is 431 g/mol. The lowest BCUT2D eigenvalue weighted by Crippen LogP contribution is -2.28. The Morgan fingerprint density at radius 2 is 1.81 bits per heavy atom. The highest BCUT2D eigenvalue weighted by Gasteiger charge is 2.27. The van der Waals surface area contributed by atoms with E-state index in [2.05, 4.69) is 27.7 Å². The lowest BCUT2D eigenvalue weighted by atomic mass is 9.99. The molecule has 0 radical (unpaired) electrons. The van der Waals surface area contributed by atoms with E-state index in [-0.39, 0.29) is 11.8 Å². The summed E-state index contributed by atoms with van der Waals surface area (Å²) in [5.74, 6) is -0.347. The number of amides is 2. The summed E-state index contributed by atoms with van der Waals surface area (Å²) in [6.45, 7) is 3.83. The molecule has 2 aliphatic heterocycles. The van der Waals surface area contributed by atoms with Gasteiger partial charge in [0.2, 0.25) is 0 Å². The molecule has 0 bridgehead atoms. The van der Waals surface area contributed by atoms with Crippen LogP contribution < -0.4 is 10.6 Å². The Morgan fingerprint density at radius 3 is 2.61 bits per heavy atom. The number of thiophene rings is 1. The van der Waals surface area contributed by atoms with Gasteiger partial charge in [-0.15, -0.1) is 11.3 Å². The third kappa shape index (κ3) is 4.13. The number of nitrogens with zero attached hydrogens (tertiary/aromatic N) is 1. The van der Waals surface area contributed by atoms with Gasteiger partial charge >= 0.3 is 0 Å². The average Bonchev–Trinajstić information content (AvgIpc) is 3.42. The molecule has 3 heterocycles. The van der Waals surface area contributed by atoms with Crippen LogP contribution in [0, 0.1) is 0 Å². The number of nitrogens with one attached hydrogen (secondary N) is 2. The number of carbonyl (C=O) groups excluding carboxylic acids is 2. The molecule has 2 amide bonds. The quantitative estimate of drug-likeness (QED) is 0.604. The molecule has 2 aliphatic rings. The van der Waals surface area contributed by atoms with Gasteiger partial charge in [-0.3, -0.25) is 14.5 Å². The van der Waals surface area contributed by atoms with Crippen molar-refractivity contribution >= 4 is 28.8 Å². The Morgan fingerprint density at radius 1 is 1.00 bits per heavy atom. The summed E-state index contributed by atoms with van der Waals surface area (Å²) in [6.07, 6.45) is 3.91. The molecule has 2 N–H and O–H groups in total. The fourth-order valence-corrected chi connectivity index (χ4v) is 5.52. The first-order valence-corrected chi connectivity index (χ1v) is 11.6. The molecule has 5 rings (SSSR count). The summed E-state index contributed by atoms with van der Waals surface area (Å²) in [5, 5.41) is 5.85. The molecule has 158 valence electrons. The van der Waals surface area contributed by atoms with Gasteiger partial charge in [0.1, 0.15) is 0 Å². The molecule has 0 unspecified atom stereocenters. The second-order valence-electron chi connectivity index (χ2n) is 8.12. The fraction of sp³-hybridized carbons (Fsp3) is 0.280.